The topological polar surface area (TPSA) is 55.1 Å². The summed E-state index contributed by atoms with van der Waals surface area (Å²) in [5, 5.41) is 16.5. The van der Waals surface area contributed by atoms with Gasteiger partial charge in [-0.2, -0.15) is 9.61 Å². The van der Waals surface area contributed by atoms with Crippen molar-refractivity contribution in [1.29, 1.82) is 0 Å². The molecule has 0 amide bonds. The largest absolute Gasteiger partial charge is 0.311 e. The van der Waals surface area contributed by atoms with E-state index in [1.165, 1.54) is 0 Å². The molecule has 70 valence electrons. The summed E-state index contributed by atoms with van der Waals surface area (Å²) in [4.78, 5) is 0.856. The van der Waals surface area contributed by atoms with Crippen LogP contribution in [-0.4, -0.2) is 26.9 Å². The predicted octanol–water partition coefficient (Wildman–Crippen LogP) is 0.775. The summed E-state index contributed by atoms with van der Waals surface area (Å²) in [6, 6.07) is 0.270. The van der Waals surface area contributed by atoms with Crippen LogP contribution in [0.25, 0.3) is 4.96 Å². The number of rotatable bonds is 2. The van der Waals surface area contributed by atoms with Crippen LogP contribution in [0.1, 0.15) is 23.8 Å². The Morgan fingerprint density at radius 3 is 2.85 bits per heavy atom. The standard InChI is InChI=1S/C7H11N5S/c1-4(8-3)6-11-12-5(2)9-10-7(12)13-6/h4,8H,1-3H3. The molecule has 2 aromatic rings. The second-order valence-corrected chi connectivity index (χ2v) is 3.88. The van der Waals surface area contributed by atoms with Gasteiger partial charge >= 0.3 is 0 Å². The molecule has 1 unspecified atom stereocenters. The van der Waals surface area contributed by atoms with Gasteiger partial charge < -0.3 is 5.32 Å². The van der Waals surface area contributed by atoms with Gasteiger partial charge in [0.2, 0.25) is 4.96 Å². The van der Waals surface area contributed by atoms with Crippen LogP contribution >= 0.6 is 11.3 Å². The number of nitrogens with zero attached hydrogens (tertiary/aromatic N) is 4. The summed E-state index contributed by atoms with van der Waals surface area (Å²) in [6.45, 7) is 3.97. The van der Waals surface area contributed by atoms with Gasteiger partial charge in [-0.25, -0.2) is 0 Å². The minimum atomic E-state index is 0.270. The molecule has 1 N–H and O–H groups in total. The monoisotopic (exact) mass is 197 g/mol. The Bertz CT molecular complexity index is 417. The highest BCUT2D eigenvalue weighted by molar-refractivity contribution is 7.16. The van der Waals surface area contributed by atoms with Crippen LogP contribution in [0, 0.1) is 6.92 Å². The molecule has 5 nitrogen and oxygen atoms in total. The van der Waals surface area contributed by atoms with E-state index in [0.29, 0.717) is 0 Å². The van der Waals surface area contributed by atoms with E-state index in [2.05, 4.69) is 27.5 Å². The van der Waals surface area contributed by atoms with Crippen molar-refractivity contribution in [3.8, 4) is 0 Å². The van der Waals surface area contributed by atoms with Gasteiger partial charge in [0.15, 0.2) is 5.82 Å². The molecule has 0 saturated heterocycles. The van der Waals surface area contributed by atoms with Crippen LogP contribution in [0.15, 0.2) is 0 Å². The van der Waals surface area contributed by atoms with E-state index >= 15 is 0 Å². The predicted molar refractivity (Wildman–Crippen MR) is 50.9 cm³/mol. The molecule has 0 spiro atoms. The number of aromatic nitrogens is 4. The Balaban J connectivity index is 2.49. The molecule has 0 radical (unpaired) electrons. The average Bonchev–Trinajstić information content (AvgIpc) is 2.67. The summed E-state index contributed by atoms with van der Waals surface area (Å²) in [5.74, 6) is 0.834. The zero-order chi connectivity index (χ0) is 9.42. The zero-order valence-corrected chi connectivity index (χ0v) is 8.59. The molecule has 2 heterocycles. The fourth-order valence-corrected chi connectivity index (χ4v) is 1.97. The van der Waals surface area contributed by atoms with Gasteiger partial charge in [-0.3, -0.25) is 0 Å². The molecule has 0 aliphatic rings. The van der Waals surface area contributed by atoms with Gasteiger partial charge in [-0.1, -0.05) is 11.3 Å². The average molecular weight is 197 g/mol. The van der Waals surface area contributed by atoms with Crippen molar-refractivity contribution in [2.75, 3.05) is 7.05 Å². The van der Waals surface area contributed by atoms with Crippen molar-refractivity contribution in [2.24, 2.45) is 0 Å². The van der Waals surface area contributed by atoms with Crippen LogP contribution in [0.5, 0.6) is 0 Å². The molecule has 0 saturated carbocycles. The minimum Gasteiger partial charge on any atom is -0.311 e. The molecule has 0 bridgehead atoms. The fourth-order valence-electron chi connectivity index (χ4n) is 1.03. The van der Waals surface area contributed by atoms with Crippen LogP contribution < -0.4 is 5.32 Å². The van der Waals surface area contributed by atoms with Gasteiger partial charge in [0, 0.05) is 0 Å². The van der Waals surface area contributed by atoms with Crippen molar-refractivity contribution in [3.63, 3.8) is 0 Å². The van der Waals surface area contributed by atoms with Crippen LogP contribution in [-0.2, 0) is 0 Å². The van der Waals surface area contributed by atoms with Gasteiger partial charge in [0.25, 0.3) is 0 Å². The van der Waals surface area contributed by atoms with Crippen molar-refractivity contribution in [3.05, 3.63) is 10.8 Å². The summed E-state index contributed by atoms with van der Waals surface area (Å²) >= 11 is 1.57. The van der Waals surface area contributed by atoms with E-state index in [1.807, 2.05) is 14.0 Å². The maximum absolute atomic E-state index is 4.39. The van der Waals surface area contributed by atoms with E-state index in [1.54, 1.807) is 15.9 Å². The normalized spacial score (nSPS) is 13.8. The quantitative estimate of drug-likeness (QED) is 0.772. The highest BCUT2D eigenvalue weighted by Gasteiger charge is 2.12. The first-order valence-electron chi connectivity index (χ1n) is 4.08. The molecule has 1 atom stereocenters. The smallest absolute Gasteiger partial charge is 0.234 e. The molecule has 0 fully saturated rings. The van der Waals surface area contributed by atoms with E-state index < -0.39 is 0 Å². The molecule has 0 aliphatic carbocycles. The molecule has 6 heteroatoms. The maximum Gasteiger partial charge on any atom is 0.234 e. The molecule has 0 aliphatic heterocycles. The Labute approximate surface area is 79.8 Å². The lowest BCUT2D eigenvalue weighted by atomic mass is 10.4. The van der Waals surface area contributed by atoms with E-state index in [9.17, 15) is 0 Å². The summed E-state index contributed by atoms with van der Waals surface area (Å²) in [6.07, 6.45) is 0. The molecular weight excluding hydrogens is 186 g/mol. The number of aryl methyl sites for hydroxylation is 1. The van der Waals surface area contributed by atoms with Gasteiger partial charge in [0.1, 0.15) is 5.01 Å². The molecule has 2 rings (SSSR count). The fraction of sp³-hybridized carbons (Fsp3) is 0.571. The Morgan fingerprint density at radius 1 is 1.46 bits per heavy atom. The minimum absolute atomic E-state index is 0.270. The zero-order valence-electron chi connectivity index (χ0n) is 7.77. The third kappa shape index (κ3) is 1.31. The Morgan fingerprint density at radius 2 is 2.23 bits per heavy atom. The summed E-state index contributed by atoms with van der Waals surface area (Å²) in [7, 11) is 1.92. The van der Waals surface area contributed by atoms with Gasteiger partial charge in [-0.15, -0.1) is 10.2 Å². The van der Waals surface area contributed by atoms with Crippen molar-refractivity contribution in [2.45, 2.75) is 19.9 Å². The molecule has 13 heavy (non-hydrogen) atoms. The summed E-state index contributed by atoms with van der Waals surface area (Å²) < 4.78 is 1.77. The van der Waals surface area contributed by atoms with Crippen molar-refractivity contribution < 1.29 is 0 Å². The molecular formula is C7H11N5S. The van der Waals surface area contributed by atoms with Crippen LogP contribution in [0.4, 0.5) is 0 Å². The van der Waals surface area contributed by atoms with E-state index in [-0.39, 0.29) is 6.04 Å². The van der Waals surface area contributed by atoms with Crippen molar-refractivity contribution >= 4 is 16.3 Å². The number of fused-ring (bicyclic) bond motifs is 1. The highest BCUT2D eigenvalue weighted by Crippen LogP contribution is 2.19. The van der Waals surface area contributed by atoms with Crippen LogP contribution in [0.3, 0.4) is 0 Å². The van der Waals surface area contributed by atoms with Gasteiger partial charge in [-0.05, 0) is 20.9 Å². The van der Waals surface area contributed by atoms with Crippen LogP contribution in [0.2, 0.25) is 0 Å². The maximum atomic E-state index is 4.39. The first-order chi connectivity index (χ1) is 6.22. The second-order valence-electron chi connectivity index (χ2n) is 2.89. The van der Waals surface area contributed by atoms with Crippen molar-refractivity contribution in [1.82, 2.24) is 25.1 Å². The lowest BCUT2D eigenvalue weighted by molar-refractivity contribution is 0.633. The lowest BCUT2D eigenvalue weighted by Crippen LogP contribution is -2.12. The number of nitrogens with one attached hydrogen (secondary N) is 1. The molecule has 0 aromatic carbocycles. The van der Waals surface area contributed by atoms with Gasteiger partial charge in [0.05, 0.1) is 6.04 Å². The number of hydrogen-bond acceptors (Lipinski definition) is 5. The first-order valence-corrected chi connectivity index (χ1v) is 4.90. The second kappa shape index (κ2) is 3.04. The third-order valence-electron chi connectivity index (χ3n) is 1.97. The summed E-state index contributed by atoms with van der Waals surface area (Å²) in [5.41, 5.74) is 0. The SMILES string of the molecule is CNC(C)c1nn2c(C)nnc2s1. The highest BCUT2D eigenvalue weighted by atomic mass is 32.1. The Hall–Kier alpha value is -1.01. The van der Waals surface area contributed by atoms with E-state index in [4.69, 9.17) is 0 Å². The third-order valence-corrected chi connectivity index (χ3v) is 3.05. The molecule has 2 aromatic heterocycles. The number of hydrogen-bond donors (Lipinski definition) is 1. The first kappa shape index (κ1) is 8.58. The van der Waals surface area contributed by atoms with E-state index in [0.717, 1.165) is 15.8 Å². The Kier molecular flexibility index (Phi) is 2.01. The lowest BCUT2D eigenvalue weighted by Gasteiger charge is -2.02.